The number of rotatable bonds is 5. The predicted octanol–water partition coefficient (Wildman–Crippen LogP) is -0.740. The summed E-state index contributed by atoms with van der Waals surface area (Å²) in [7, 11) is -13.5. The molecule has 0 aliphatic carbocycles. The summed E-state index contributed by atoms with van der Waals surface area (Å²) in [5.74, 6) is 0. The van der Waals surface area contributed by atoms with Gasteiger partial charge in [-0.15, -0.1) is 0 Å². The van der Waals surface area contributed by atoms with Crippen molar-refractivity contribution in [2.45, 2.75) is 24.5 Å². The van der Waals surface area contributed by atoms with Gasteiger partial charge >= 0.3 is 51.4 Å². The Morgan fingerprint density at radius 1 is 0.517 bits per heavy atom. The van der Waals surface area contributed by atoms with Crippen molar-refractivity contribution in [2.75, 3.05) is 0 Å². The molecule has 0 saturated carbocycles. The van der Waals surface area contributed by atoms with Crippen LogP contribution in [0.15, 0.2) is 103 Å². The predicted molar refractivity (Wildman–Crippen MR) is 98.2 cm³/mol. The van der Waals surface area contributed by atoms with Crippen LogP contribution in [-0.4, -0.2) is 29.8 Å². The molecule has 3 aromatic carbocycles. The molecule has 146 valence electrons. The van der Waals surface area contributed by atoms with Gasteiger partial charge in [-0.05, 0) is 42.5 Å². The average molecular weight is 477 g/mol. The standard InChI is InChI=1S/C18H14O7S3.K/c19-26(20,14-7-2-1-3-8-14)17-11-4-5-12-18(17)27(21,22)15-9-6-10-16(13-15)28(23,24)25;/h1-13H,(H,23,24,25);/q;+1/p-1. The molecule has 0 unspecified atom stereocenters. The van der Waals surface area contributed by atoms with E-state index in [0.29, 0.717) is 6.07 Å². The van der Waals surface area contributed by atoms with E-state index in [1.165, 1.54) is 36.4 Å². The summed E-state index contributed by atoms with van der Waals surface area (Å²) >= 11 is 0. The first kappa shape index (κ1) is 24.4. The molecule has 3 rings (SSSR count). The SMILES string of the molecule is O=S(=O)([O-])c1cccc(S(=O)(=O)c2ccccc2S(=O)(=O)c2ccccc2)c1.[K+]. The largest absolute Gasteiger partial charge is 1.00 e. The third-order valence-corrected chi connectivity index (χ3v) is 8.48. The Morgan fingerprint density at radius 2 is 0.931 bits per heavy atom. The number of sulfone groups is 2. The molecular weight excluding hydrogens is 463 g/mol. The summed E-state index contributed by atoms with van der Waals surface area (Å²) < 4.78 is 85.6. The zero-order chi connectivity index (χ0) is 20.6. The van der Waals surface area contributed by atoms with Gasteiger partial charge in [0.2, 0.25) is 19.7 Å². The van der Waals surface area contributed by atoms with Gasteiger partial charge < -0.3 is 4.55 Å². The first-order valence-corrected chi connectivity index (χ1v) is 12.1. The second-order valence-corrected chi connectivity index (χ2v) is 10.9. The Balaban J connectivity index is 0.00000300. The molecule has 0 saturated heterocycles. The molecule has 0 aliphatic heterocycles. The number of benzene rings is 3. The van der Waals surface area contributed by atoms with Gasteiger partial charge in [-0.3, -0.25) is 0 Å². The minimum Gasteiger partial charge on any atom is -0.744 e. The third-order valence-electron chi connectivity index (χ3n) is 3.89. The Morgan fingerprint density at radius 3 is 1.45 bits per heavy atom. The van der Waals surface area contributed by atoms with E-state index in [9.17, 15) is 29.8 Å². The minimum atomic E-state index is -4.88. The second kappa shape index (κ2) is 9.08. The Labute approximate surface area is 211 Å². The monoisotopic (exact) mass is 476 g/mol. The van der Waals surface area contributed by atoms with Crippen molar-refractivity contribution >= 4 is 29.8 Å². The summed E-state index contributed by atoms with van der Waals surface area (Å²) in [6.45, 7) is 0. The van der Waals surface area contributed by atoms with Crippen molar-refractivity contribution in [3.63, 3.8) is 0 Å². The maximum atomic E-state index is 13.1. The maximum Gasteiger partial charge on any atom is 1.00 e. The van der Waals surface area contributed by atoms with Gasteiger partial charge in [0, 0.05) is 0 Å². The summed E-state index contributed by atoms with van der Waals surface area (Å²) in [6, 6.07) is 16.2. The van der Waals surface area contributed by atoms with Crippen LogP contribution in [-0.2, 0) is 29.8 Å². The van der Waals surface area contributed by atoms with Gasteiger partial charge in [-0.1, -0.05) is 36.4 Å². The van der Waals surface area contributed by atoms with Gasteiger partial charge in [-0.2, -0.15) is 0 Å². The van der Waals surface area contributed by atoms with E-state index in [2.05, 4.69) is 0 Å². The molecule has 29 heavy (non-hydrogen) atoms. The molecule has 0 fully saturated rings. The molecule has 0 aromatic heterocycles. The topological polar surface area (TPSA) is 125 Å². The van der Waals surface area contributed by atoms with Crippen molar-refractivity contribution in [1.82, 2.24) is 0 Å². The van der Waals surface area contributed by atoms with Crippen molar-refractivity contribution in [1.29, 1.82) is 0 Å². The summed E-state index contributed by atoms with van der Waals surface area (Å²) in [5.41, 5.74) is 0. The van der Waals surface area contributed by atoms with Crippen LogP contribution >= 0.6 is 0 Å². The third kappa shape index (κ3) is 5.06. The molecule has 0 bridgehead atoms. The van der Waals surface area contributed by atoms with Gasteiger partial charge in [-0.25, -0.2) is 25.3 Å². The van der Waals surface area contributed by atoms with E-state index in [4.69, 9.17) is 0 Å². The molecule has 0 heterocycles. The van der Waals surface area contributed by atoms with E-state index < -0.39 is 49.4 Å². The van der Waals surface area contributed by atoms with E-state index in [0.717, 1.165) is 30.3 Å². The molecule has 11 heteroatoms. The van der Waals surface area contributed by atoms with Gasteiger partial charge in [0.15, 0.2) is 0 Å². The van der Waals surface area contributed by atoms with Crippen LogP contribution < -0.4 is 51.4 Å². The summed E-state index contributed by atoms with van der Waals surface area (Å²) in [6.07, 6.45) is 0. The summed E-state index contributed by atoms with van der Waals surface area (Å²) in [5, 5.41) is 0. The average Bonchev–Trinajstić information content (AvgIpc) is 2.68. The zero-order valence-corrected chi connectivity index (χ0v) is 20.7. The van der Waals surface area contributed by atoms with Crippen molar-refractivity contribution in [3.8, 4) is 0 Å². The number of hydrogen-bond acceptors (Lipinski definition) is 7. The zero-order valence-electron chi connectivity index (χ0n) is 15.1. The van der Waals surface area contributed by atoms with Gasteiger partial charge in [0.25, 0.3) is 0 Å². The molecular formula is C18H13KO7S3. The molecule has 7 nitrogen and oxygen atoms in total. The van der Waals surface area contributed by atoms with Crippen LogP contribution in [0.4, 0.5) is 0 Å². The van der Waals surface area contributed by atoms with Crippen LogP contribution in [0.2, 0.25) is 0 Å². The minimum absolute atomic E-state index is 0. The molecule has 0 spiro atoms. The second-order valence-electron chi connectivity index (χ2n) is 5.70. The van der Waals surface area contributed by atoms with Gasteiger partial charge in [0.1, 0.15) is 10.1 Å². The molecule has 0 amide bonds. The number of hydrogen-bond donors (Lipinski definition) is 0. The summed E-state index contributed by atoms with van der Waals surface area (Å²) in [4.78, 5) is -2.28. The maximum absolute atomic E-state index is 13.1. The molecule has 0 N–H and O–H groups in total. The smallest absolute Gasteiger partial charge is 0.744 e. The van der Waals surface area contributed by atoms with Crippen LogP contribution in [0, 0.1) is 0 Å². The van der Waals surface area contributed by atoms with E-state index in [1.807, 2.05) is 0 Å². The van der Waals surface area contributed by atoms with E-state index >= 15 is 0 Å². The van der Waals surface area contributed by atoms with Crippen LogP contribution in [0.3, 0.4) is 0 Å². The Kier molecular flexibility index (Phi) is 7.63. The van der Waals surface area contributed by atoms with Crippen LogP contribution in [0.5, 0.6) is 0 Å². The fraction of sp³-hybridized carbons (Fsp3) is 0. The quantitative estimate of drug-likeness (QED) is 0.351. The van der Waals surface area contributed by atoms with Crippen molar-refractivity contribution in [3.05, 3.63) is 78.9 Å². The Bertz CT molecular complexity index is 1350. The van der Waals surface area contributed by atoms with Crippen molar-refractivity contribution < 1.29 is 81.2 Å². The molecule has 0 radical (unpaired) electrons. The van der Waals surface area contributed by atoms with E-state index in [-0.39, 0.29) is 56.3 Å². The Hall–Kier alpha value is -0.894. The fourth-order valence-electron chi connectivity index (χ4n) is 2.54. The van der Waals surface area contributed by atoms with Crippen molar-refractivity contribution in [2.24, 2.45) is 0 Å². The van der Waals surface area contributed by atoms with Gasteiger partial charge in [0.05, 0.1) is 24.5 Å². The van der Waals surface area contributed by atoms with Crippen LogP contribution in [0.1, 0.15) is 0 Å². The van der Waals surface area contributed by atoms with E-state index in [1.54, 1.807) is 6.07 Å². The normalized spacial score (nSPS) is 12.2. The fourth-order valence-corrected chi connectivity index (χ4v) is 6.54. The first-order chi connectivity index (χ1) is 13.0. The molecule has 3 aromatic rings. The first-order valence-electron chi connectivity index (χ1n) is 7.75. The van der Waals surface area contributed by atoms with Crippen LogP contribution in [0.25, 0.3) is 0 Å². The molecule has 0 atom stereocenters. The molecule has 0 aliphatic rings.